The zero-order valence-electron chi connectivity index (χ0n) is 18.2. The van der Waals surface area contributed by atoms with Crippen molar-refractivity contribution in [3.8, 4) is 11.4 Å². The van der Waals surface area contributed by atoms with Crippen LogP contribution in [0, 0.1) is 5.92 Å². The van der Waals surface area contributed by atoms with Gasteiger partial charge in [-0.25, -0.2) is 4.98 Å². The summed E-state index contributed by atoms with van der Waals surface area (Å²) >= 11 is 1.47. The third kappa shape index (κ3) is 5.17. The number of aliphatic hydroxyl groups excluding tert-OH is 1. The normalized spacial score (nSPS) is 22.5. The van der Waals surface area contributed by atoms with Gasteiger partial charge in [0.2, 0.25) is 0 Å². The topological polar surface area (TPSA) is 90.4 Å². The molecule has 0 spiro atoms. The lowest BCUT2D eigenvalue weighted by atomic mass is 9.85. The summed E-state index contributed by atoms with van der Waals surface area (Å²) in [5.74, 6) is 1.37. The number of benzene rings is 1. The maximum atomic E-state index is 13.0. The van der Waals surface area contributed by atoms with Crippen LogP contribution in [0.1, 0.15) is 50.8 Å². The molecule has 4 rings (SSSR count). The Kier molecular flexibility index (Phi) is 6.74. The minimum atomic E-state index is -0.303. The van der Waals surface area contributed by atoms with E-state index < -0.39 is 0 Å². The average Bonchev–Trinajstić information content (AvgIpc) is 3.16. The quantitative estimate of drug-likeness (QED) is 0.577. The van der Waals surface area contributed by atoms with E-state index in [1.165, 1.54) is 11.3 Å². The fourth-order valence-electron chi connectivity index (χ4n) is 4.35. The molecule has 2 unspecified atom stereocenters. The van der Waals surface area contributed by atoms with E-state index >= 15 is 0 Å². The smallest absolute Gasteiger partial charge is 0.275 e. The molecular formula is C24H31N3O3S. The van der Waals surface area contributed by atoms with Crippen LogP contribution in [0.5, 0.6) is 5.75 Å². The highest BCUT2D eigenvalue weighted by molar-refractivity contribution is 7.18. The van der Waals surface area contributed by atoms with Crippen molar-refractivity contribution >= 4 is 21.6 Å². The van der Waals surface area contributed by atoms with Gasteiger partial charge in [-0.3, -0.25) is 9.36 Å². The third-order valence-corrected chi connectivity index (χ3v) is 7.21. The Morgan fingerprint density at radius 3 is 2.77 bits per heavy atom. The van der Waals surface area contributed by atoms with Crippen molar-refractivity contribution in [3.63, 3.8) is 0 Å². The predicted molar refractivity (Wildman–Crippen MR) is 125 cm³/mol. The molecule has 1 aliphatic rings. The van der Waals surface area contributed by atoms with E-state index in [9.17, 15) is 9.90 Å². The van der Waals surface area contributed by atoms with Gasteiger partial charge in [-0.05, 0) is 74.8 Å². The van der Waals surface area contributed by atoms with Crippen LogP contribution in [0.2, 0.25) is 0 Å². The SMILES string of the molecule is CCC(O)CCc1cc2ncn(-c3ccc(O[C@H]4CC(C)C[C@H](N)C4)cc3)c(=O)c2s1. The van der Waals surface area contributed by atoms with Crippen LogP contribution in [-0.4, -0.2) is 32.9 Å². The fraction of sp³-hybridized carbons (Fsp3) is 0.500. The number of aliphatic hydroxyl groups is 1. The molecule has 0 saturated heterocycles. The summed E-state index contributed by atoms with van der Waals surface area (Å²) < 4.78 is 8.37. The lowest BCUT2D eigenvalue weighted by Gasteiger charge is -2.31. The molecule has 2 aromatic heterocycles. The molecular weight excluding hydrogens is 410 g/mol. The molecule has 1 saturated carbocycles. The Balaban J connectivity index is 1.50. The van der Waals surface area contributed by atoms with E-state index in [1.54, 1.807) is 10.9 Å². The van der Waals surface area contributed by atoms with Crippen LogP contribution in [0.4, 0.5) is 0 Å². The van der Waals surface area contributed by atoms with Gasteiger partial charge in [-0.1, -0.05) is 13.8 Å². The van der Waals surface area contributed by atoms with Gasteiger partial charge in [0, 0.05) is 10.9 Å². The summed E-state index contributed by atoms with van der Waals surface area (Å²) in [5.41, 5.74) is 7.54. The van der Waals surface area contributed by atoms with E-state index in [-0.39, 0.29) is 23.8 Å². The van der Waals surface area contributed by atoms with E-state index in [1.807, 2.05) is 37.3 Å². The highest BCUT2D eigenvalue weighted by atomic mass is 32.1. The second-order valence-corrected chi connectivity index (χ2v) is 9.89. The number of rotatable bonds is 7. The van der Waals surface area contributed by atoms with Crippen LogP contribution in [-0.2, 0) is 6.42 Å². The second kappa shape index (κ2) is 9.51. The van der Waals surface area contributed by atoms with Crippen molar-refractivity contribution in [3.05, 3.63) is 51.9 Å². The van der Waals surface area contributed by atoms with Crippen LogP contribution in [0.15, 0.2) is 41.5 Å². The first-order valence-corrected chi connectivity index (χ1v) is 12.0. The Bertz CT molecular complexity index is 1070. The number of thiophene rings is 1. The van der Waals surface area contributed by atoms with Crippen LogP contribution in [0.3, 0.4) is 0 Å². The van der Waals surface area contributed by atoms with Crippen LogP contribution in [0.25, 0.3) is 15.9 Å². The average molecular weight is 442 g/mol. The molecule has 166 valence electrons. The first-order valence-electron chi connectivity index (χ1n) is 11.1. The highest BCUT2D eigenvalue weighted by Crippen LogP contribution is 2.28. The summed E-state index contributed by atoms with van der Waals surface area (Å²) in [4.78, 5) is 18.6. The Hall–Kier alpha value is -2.22. The molecule has 1 fully saturated rings. The van der Waals surface area contributed by atoms with Crippen molar-refractivity contribution in [2.24, 2.45) is 11.7 Å². The van der Waals surface area contributed by atoms with E-state index in [0.717, 1.165) is 53.9 Å². The van der Waals surface area contributed by atoms with Gasteiger partial charge >= 0.3 is 0 Å². The molecule has 0 aliphatic heterocycles. The zero-order chi connectivity index (χ0) is 22.0. The number of nitrogens with two attached hydrogens (primary N) is 1. The number of hydrogen-bond acceptors (Lipinski definition) is 6. The molecule has 1 aromatic carbocycles. The number of nitrogens with zero attached hydrogens (tertiary/aromatic N) is 2. The number of ether oxygens (including phenoxy) is 1. The molecule has 0 radical (unpaired) electrons. The molecule has 1 aliphatic carbocycles. The molecule has 0 bridgehead atoms. The summed E-state index contributed by atoms with van der Waals surface area (Å²) in [7, 11) is 0. The van der Waals surface area contributed by atoms with Crippen molar-refractivity contribution < 1.29 is 9.84 Å². The van der Waals surface area contributed by atoms with Crippen molar-refractivity contribution in [2.75, 3.05) is 0 Å². The van der Waals surface area contributed by atoms with Gasteiger partial charge < -0.3 is 15.6 Å². The lowest BCUT2D eigenvalue weighted by Crippen LogP contribution is -2.37. The molecule has 0 amide bonds. The minimum absolute atomic E-state index is 0.0713. The largest absolute Gasteiger partial charge is 0.490 e. The summed E-state index contributed by atoms with van der Waals surface area (Å²) in [6, 6.07) is 9.75. The van der Waals surface area contributed by atoms with Gasteiger partial charge in [-0.2, -0.15) is 0 Å². The Labute approximate surface area is 186 Å². The van der Waals surface area contributed by atoms with Crippen LogP contribution >= 0.6 is 11.3 Å². The van der Waals surface area contributed by atoms with E-state index in [2.05, 4.69) is 11.9 Å². The van der Waals surface area contributed by atoms with E-state index in [4.69, 9.17) is 10.5 Å². The molecule has 3 aromatic rings. The number of aromatic nitrogens is 2. The molecule has 7 heteroatoms. The van der Waals surface area contributed by atoms with E-state index in [0.29, 0.717) is 17.0 Å². The number of fused-ring (bicyclic) bond motifs is 1. The Morgan fingerprint density at radius 1 is 1.29 bits per heavy atom. The van der Waals surface area contributed by atoms with Gasteiger partial charge in [0.05, 0.1) is 17.3 Å². The maximum Gasteiger partial charge on any atom is 0.275 e. The number of aryl methyl sites for hydroxylation is 1. The molecule has 31 heavy (non-hydrogen) atoms. The predicted octanol–water partition coefficient (Wildman–Crippen LogP) is 4.05. The molecule has 4 atom stereocenters. The minimum Gasteiger partial charge on any atom is -0.490 e. The first kappa shape index (κ1) is 22.0. The van der Waals surface area contributed by atoms with Crippen molar-refractivity contribution in [1.82, 2.24) is 9.55 Å². The first-order chi connectivity index (χ1) is 14.9. The lowest BCUT2D eigenvalue weighted by molar-refractivity contribution is 0.118. The molecule has 2 heterocycles. The fourth-order valence-corrected chi connectivity index (χ4v) is 5.40. The van der Waals surface area contributed by atoms with Gasteiger partial charge in [0.25, 0.3) is 5.56 Å². The standard InChI is InChI=1S/C24H31N3O3S/c1-3-18(28)6-9-21-13-22-23(31-21)24(29)27(14-26-22)17-4-7-19(8-5-17)30-20-11-15(2)10-16(25)12-20/h4-5,7-8,13-16,18,20,28H,3,6,9-12,25H2,1-2H3/t15?,16-,18?,20-/m0/s1. The highest BCUT2D eigenvalue weighted by Gasteiger charge is 2.25. The Morgan fingerprint density at radius 2 is 2.06 bits per heavy atom. The van der Waals surface area contributed by atoms with Crippen LogP contribution < -0.4 is 16.0 Å². The third-order valence-electron chi connectivity index (χ3n) is 6.04. The summed E-state index contributed by atoms with van der Waals surface area (Å²) in [6.45, 7) is 4.19. The monoisotopic (exact) mass is 441 g/mol. The van der Waals surface area contributed by atoms with Gasteiger partial charge in [-0.15, -0.1) is 11.3 Å². The van der Waals surface area contributed by atoms with Crippen molar-refractivity contribution in [2.45, 2.75) is 70.6 Å². The summed E-state index contributed by atoms with van der Waals surface area (Å²) in [6.07, 6.45) is 6.56. The van der Waals surface area contributed by atoms with Gasteiger partial charge in [0.15, 0.2) is 0 Å². The van der Waals surface area contributed by atoms with Gasteiger partial charge in [0.1, 0.15) is 22.9 Å². The molecule has 3 N–H and O–H groups in total. The van der Waals surface area contributed by atoms with Crippen molar-refractivity contribution in [1.29, 1.82) is 0 Å². The second-order valence-electron chi connectivity index (χ2n) is 8.75. The summed E-state index contributed by atoms with van der Waals surface area (Å²) in [5, 5.41) is 9.80. The zero-order valence-corrected chi connectivity index (χ0v) is 19.0. The maximum absolute atomic E-state index is 13.0. The molecule has 6 nitrogen and oxygen atoms in total. The number of hydrogen-bond donors (Lipinski definition) is 2.